The minimum Gasteiger partial charge on any atom is -0.306 e. The van der Waals surface area contributed by atoms with Crippen LogP contribution in [0.25, 0.3) is 22.2 Å². The molecule has 5 heteroatoms. The highest BCUT2D eigenvalue weighted by molar-refractivity contribution is 6.24. The molecule has 5 rings (SSSR count). The van der Waals surface area contributed by atoms with Crippen molar-refractivity contribution in [2.75, 3.05) is 0 Å². The fourth-order valence-electron chi connectivity index (χ4n) is 3.54. The average molecular weight is 352 g/mol. The maximum absolute atomic E-state index is 11.4. The molecule has 1 aromatic heterocycles. The largest absolute Gasteiger partial charge is 0.323 e. The van der Waals surface area contributed by atoms with Crippen LogP contribution in [0.2, 0.25) is 0 Å². The number of H-pyrrole nitrogens is 2. The van der Waals surface area contributed by atoms with Gasteiger partial charge in [0.1, 0.15) is 5.71 Å². The van der Waals surface area contributed by atoms with Crippen LogP contribution in [0.4, 0.5) is 0 Å². The summed E-state index contributed by atoms with van der Waals surface area (Å²) in [6, 6.07) is 22.2. The van der Waals surface area contributed by atoms with Gasteiger partial charge in [0.2, 0.25) is 0 Å². The number of fused-ring (bicyclic) bond motifs is 4. The Bertz CT molecular complexity index is 1260. The first-order valence-electron chi connectivity index (χ1n) is 8.74. The van der Waals surface area contributed by atoms with Crippen LogP contribution in [0, 0.1) is 0 Å². The van der Waals surface area contributed by atoms with E-state index in [0.29, 0.717) is 0 Å². The van der Waals surface area contributed by atoms with Gasteiger partial charge in [-0.15, -0.1) is 5.10 Å². The van der Waals surface area contributed by atoms with Crippen LogP contribution in [-0.2, 0) is 0 Å². The smallest absolute Gasteiger partial charge is 0.306 e. The van der Waals surface area contributed by atoms with Gasteiger partial charge >= 0.3 is 5.69 Å². The first-order chi connectivity index (χ1) is 13.2. The SMILES string of the molecule is C/C(=N\N=C1c2ccccc2-c2ccccc21)c1ccc2[nH]c(=O)[nH]c2c1. The van der Waals surface area contributed by atoms with Crippen LogP contribution >= 0.6 is 0 Å². The molecule has 0 saturated heterocycles. The fraction of sp³-hybridized carbons (Fsp3) is 0.0455. The molecule has 1 aliphatic carbocycles. The van der Waals surface area contributed by atoms with E-state index in [1.165, 1.54) is 11.1 Å². The summed E-state index contributed by atoms with van der Waals surface area (Å²) in [7, 11) is 0. The molecule has 4 aromatic rings. The molecule has 0 amide bonds. The normalized spacial score (nSPS) is 12.9. The lowest BCUT2D eigenvalue weighted by atomic mass is 10.1. The van der Waals surface area contributed by atoms with Crippen molar-refractivity contribution in [2.24, 2.45) is 10.2 Å². The van der Waals surface area contributed by atoms with E-state index < -0.39 is 0 Å². The molecule has 130 valence electrons. The Hall–Kier alpha value is -3.73. The minimum absolute atomic E-state index is 0.212. The van der Waals surface area contributed by atoms with Gasteiger partial charge in [0.15, 0.2) is 0 Å². The molecule has 0 spiro atoms. The van der Waals surface area contributed by atoms with Crippen LogP contribution in [0.5, 0.6) is 0 Å². The second-order valence-electron chi connectivity index (χ2n) is 6.56. The zero-order chi connectivity index (χ0) is 18.4. The van der Waals surface area contributed by atoms with Crippen molar-refractivity contribution < 1.29 is 0 Å². The Morgan fingerprint density at radius 3 is 2.04 bits per heavy atom. The molecule has 0 atom stereocenters. The number of benzene rings is 3. The van der Waals surface area contributed by atoms with Gasteiger partial charge in [0, 0.05) is 11.1 Å². The average Bonchev–Trinajstić information content (AvgIpc) is 3.22. The Kier molecular flexibility index (Phi) is 3.40. The van der Waals surface area contributed by atoms with Crippen molar-refractivity contribution in [2.45, 2.75) is 6.92 Å². The maximum Gasteiger partial charge on any atom is 0.323 e. The van der Waals surface area contributed by atoms with Crippen LogP contribution < -0.4 is 5.69 Å². The minimum atomic E-state index is -0.212. The van der Waals surface area contributed by atoms with E-state index >= 15 is 0 Å². The predicted octanol–water partition coefficient (Wildman–Crippen LogP) is 4.10. The predicted molar refractivity (Wildman–Crippen MR) is 109 cm³/mol. The molecule has 0 bridgehead atoms. The van der Waals surface area contributed by atoms with Crippen molar-refractivity contribution in [3.63, 3.8) is 0 Å². The molecular weight excluding hydrogens is 336 g/mol. The zero-order valence-corrected chi connectivity index (χ0v) is 14.7. The number of aromatic nitrogens is 2. The molecule has 0 saturated carbocycles. The zero-order valence-electron chi connectivity index (χ0n) is 14.7. The van der Waals surface area contributed by atoms with E-state index in [1.807, 2.05) is 49.4 Å². The number of rotatable bonds is 2. The van der Waals surface area contributed by atoms with E-state index in [1.54, 1.807) is 0 Å². The molecule has 2 N–H and O–H groups in total. The molecule has 1 heterocycles. The molecule has 0 radical (unpaired) electrons. The topological polar surface area (TPSA) is 73.4 Å². The summed E-state index contributed by atoms with van der Waals surface area (Å²) >= 11 is 0. The van der Waals surface area contributed by atoms with Crippen LogP contribution in [0.3, 0.4) is 0 Å². The van der Waals surface area contributed by atoms with Crippen molar-refractivity contribution in [3.8, 4) is 11.1 Å². The molecule has 3 aromatic carbocycles. The van der Waals surface area contributed by atoms with Gasteiger partial charge in [0.25, 0.3) is 0 Å². The number of hydrogen-bond acceptors (Lipinski definition) is 3. The van der Waals surface area contributed by atoms with Crippen molar-refractivity contribution >= 4 is 22.5 Å². The summed E-state index contributed by atoms with van der Waals surface area (Å²) in [5.41, 5.74) is 8.49. The highest BCUT2D eigenvalue weighted by Crippen LogP contribution is 2.36. The van der Waals surface area contributed by atoms with Crippen LogP contribution in [0.1, 0.15) is 23.6 Å². The Morgan fingerprint density at radius 2 is 1.37 bits per heavy atom. The van der Waals surface area contributed by atoms with E-state index in [-0.39, 0.29) is 5.69 Å². The molecule has 0 fully saturated rings. The van der Waals surface area contributed by atoms with Gasteiger partial charge in [-0.25, -0.2) is 4.79 Å². The van der Waals surface area contributed by atoms with Crippen LogP contribution in [0.15, 0.2) is 81.7 Å². The number of aromatic amines is 2. The number of imidazole rings is 1. The molecule has 5 nitrogen and oxygen atoms in total. The van der Waals surface area contributed by atoms with E-state index in [4.69, 9.17) is 0 Å². The summed E-state index contributed by atoms with van der Waals surface area (Å²) in [5, 5.41) is 9.08. The Morgan fingerprint density at radius 1 is 0.778 bits per heavy atom. The third-order valence-electron chi connectivity index (χ3n) is 4.89. The first-order valence-corrected chi connectivity index (χ1v) is 8.74. The molecule has 0 unspecified atom stereocenters. The lowest BCUT2D eigenvalue weighted by molar-refractivity contribution is 1.21. The van der Waals surface area contributed by atoms with E-state index in [0.717, 1.165) is 39.1 Å². The third kappa shape index (κ3) is 2.52. The highest BCUT2D eigenvalue weighted by atomic mass is 16.1. The van der Waals surface area contributed by atoms with E-state index in [9.17, 15) is 4.79 Å². The van der Waals surface area contributed by atoms with Gasteiger partial charge < -0.3 is 9.97 Å². The second kappa shape index (κ2) is 5.92. The van der Waals surface area contributed by atoms with Crippen LogP contribution in [-0.4, -0.2) is 21.4 Å². The van der Waals surface area contributed by atoms with Gasteiger partial charge in [-0.05, 0) is 35.7 Å². The van der Waals surface area contributed by atoms with Crippen molar-refractivity contribution in [3.05, 3.63) is 93.9 Å². The van der Waals surface area contributed by atoms with Gasteiger partial charge in [-0.3, -0.25) is 0 Å². The van der Waals surface area contributed by atoms with Gasteiger partial charge in [0.05, 0.1) is 16.7 Å². The number of nitrogens with one attached hydrogen (secondary N) is 2. The Labute approximate surface area is 155 Å². The summed E-state index contributed by atoms with van der Waals surface area (Å²) in [6.45, 7) is 1.92. The lowest BCUT2D eigenvalue weighted by Gasteiger charge is -2.01. The monoisotopic (exact) mass is 352 g/mol. The maximum atomic E-state index is 11.4. The number of hydrogen-bond donors (Lipinski definition) is 2. The summed E-state index contributed by atoms with van der Waals surface area (Å²) in [5.74, 6) is 0. The highest BCUT2D eigenvalue weighted by Gasteiger charge is 2.23. The summed E-state index contributed by atoms with van der Waals surface area (Å²) in [6.07, 6.45) is 0. The summed E-state index contributed by atoms with van der Waals surface area (Å²) in [4.78, 5) is 17.0. The van der Waals surface area contributed by atoms with Crippen molar-refractivity contribution in [1.29, 1.82) is 0 Å². The lowest BCUT2D eigenvalue weighted by Crippen LogP contribution is -1.99. The van der Waals surface area contributed by atoms with E-state index in [2.05, 4.69) is 44.4 Å². The molecular formula is C22H16N4O. The quantitative estimate of drug-likeness (QED) is 0.364. The van der Waals surface area contributed by atoms with Crippen molar-refractivity contribution in [1.82, 2.24) is 9.97 Å². The third-order valence-corrected chi connectivity index (χ3v) is 4.89. The molecule has 27 heavy (non-hydrogen) atoms. The second-order valence-corrected chi connectivity index (χ2v) is 6.56. The molecule has 1 aliphatic rings. The summed E-state index contributed by atoms with van der Waals surface area (Å²) < 4.78 is 0. The molecule has 0 aliphatic heterocycles. The first kappa shape index (κ1) is 15.5. The Balaban J connectivity index is 1.60. The van der Waals surface area contributed by atoms with Gasteiger partial charge in [-0.1, -0.05) is 54.6 Å². The van der Waals surface area contributed by atoms with Gasteiger partial charge in [-0.2, -0.15) is 5.10 Å². The number of nitrogens with zero attached hydrogens (tertiary/aromatic N) is 2. The fourth-order valence-corrected chi connectivity index (χ4v) is 3.54. The standard InChI is InChI=1S/C22H16N4O/c1-13(14-10-11-19-20(12-14)24-22(27)23-19)25-26-21-17-8-4-2-6-15(17)16-7-3-5-9-18(16)21/h2-12H,1H3,(H2,23,24,27)/b25-13+.